The number of para-hydroxylation sites is 1. The number of anilines is 2. The predicted octanol–water partition coefficient (Wildman–Crippen LogP) is 2.26. The zero-order valence-corrected chi connectivity index (χ0v) is 15.8. The van der Waals surface area contributed by atoms with Gasteiger partial charge in [-0.1, -0.05) is 24.3 Å². The molecule has 0 saturated carbocycles. The molecule has 0 saturated heterocycles. The van der Waals surface area contributed by atoms with E-state index in [0.29, 0.717) is 11.3 Å². The van der Waals surface area contributed by atoms with Gasteiger partial charge in [-0.3, -0.25) is 9.59 Å². The van der Waals surface area contributed by atoms with Gasteiger partial charge in [-0.2, -0.15) is 0 Å². The Morgan fingerprint density at radius 2 is 1.73 bits per heavy atom. The molecular formula is C19H23N3O3S. The monoisotopic (exact) mass is 373 g/mol. The van der Waals surface area contributed by atoms with Crippen LogP contribution in [0.5, 0.6) is 0 Å². The molecule has 1 atom stereocenters. The number of nitrogens with one attached hydrogen (secondary N) is 2. The average molecular weight is 373 g/mol. The van der Waals surface area contributed by atoms with Crippen LogP contribution < -0.4 is 15.5 Å². The number of rotatable bonds is 6. The number of benzene rings is 2. The minimum Gasteiger partial charge on any atom is -0.387 e. The zero-order valence-electron chi connectivity index (χ0n) is 15.0. The largest absolute Gasteiger partial charge is 0.387 e. The molecule has 0 aliphatic rings. The van der Waals surface area contributed by atoms with E-state index in [1.807, 2.05) is 49.5 Å². The molecule has 0 aliphatic heterocycles. The van der Waals surface area contributed by atoms with Crippen molar-refractivity contribution in [1.29, 1.82) is 0 Å². The van der Waals surface area contributed by atoms with E-state index in [1.165, 1.54) is 11.8 Å². The smallest absolute Gasteiger partial charge is 0.313 e. The zero-order chi connectivity index (χ0) is 19.1. The summed E-state index contributed by atoms with van der Waals surface area (Å²) in [6.07, 6.45) is 1.00. The maximum atomic E-state index is 12.0. The second-order valence-electron chi connectivity index (χ2n) is 5.87. The Balaban J connectivity index is 1.89. The molecule has 0 heterocycles. The number of nitrogens with zero attached hydrogens (tertiary/aromatic N) is 1. The van der Waals surface area contributed by atoms with Crippen molar-refractivity contribution < 1.29 is 14.7 Å². The van der Waals surface area contributed by atoms with Crippen LogP contribution in [0.4, 0.5) is 11.4 Å². The highest BCUT2D eigenvalue weighted by molar-refractivity contribution is 7.98. The third kappa shape index (κ3) is 5.24. The summed E-state index contributed by atoms with van der Waals surface area (Å²) in [6.45, 7) is -0.0439. The molecule has 0 spiro atoms. The van der Waals surface area contributed by atoms with E-state index < -0.39 is 17.9 Å². The summed E-state index contributed by atoms with van der Waals surface area (Å²) >= 11 is 1.48. The molecule has 1 unspecified atom stereocenters. The number of aliphatic hydroxyl groups is 1. The van der Waals surface area contributed by atoms with Gasteiger partial charge in [0.15, 0.2) is 0 Å². The first-order valence-corrected chi connectivity index (χ1v) is 9.32. The van der Waals surface area contributed by atoms with Crippen molar-refractivity contribution in [2.45, 2.75) is 11.0 Å². The van der Waals surface area contributed by atoms with E-state index in [9.17, 15) is 14.7 Å². The highest BCUT2D eigenvalue weighted by Gasteiger charge is 2.17. The molecule has 0 radical (unpaired) electrons. The molecule has 2 aromatic carbocycles. The first-order valence-electron chi connectivity index (χ1n) is 8.10. The van der Waals surface area contributed by atoms with E-state index in [2.05, 4.69) is 10.6 Å². The molecule has 2 amide bonds. The number of thioether (sulfide) groups is 1. The van der Waals surface area contributed by atoms with Crippen LogP contribution >= 0.6 is 11.8 Å². The lowest BCUT2D eigenvalue weighted by Crippen LogP contribution is -2.37. The summed E-state index contributed by atoms with van der Waals surface area (Å²) in [5, 5.41) is 15.2. The van der Waals surface area contributed by atoms with Crippen molar-refractivity contribution in [3.05, 3.63) is 54.1 Å². The first kappa shape index (κ1) is 19.8. The highest BCUT2D eigenvalue weighted by Crippen LogP contribution is 2.24. The Hall–Kier alpha value is -2.51. The summed E-state index contributed by atoms with van der Waals surface area (Å²) in [5.74, 6) is -1.55. The minimum absolute atomic E-state index is 0.0439. The van der Waals surface area contributed by atoms with Gasteiger partial charge in [0, 0.05) is 31.2 Å². The molecule has 26 heavy (non-hydrogen) atoms. The number of carbonyl (C=O) groups excluding carboxylic acids is 2. The van der Waals surface area contributed by atoms with Crippen molar-refractivity contribution in [3.8, 4) is 0 Å². The number of amides is 2. The summed E-state index contributed by atoms with van der Waals surface area (Å²) < 4.78 is 0. The van der Waals surface area contributed by atoms with Gasteiger partial charge in [0.2, 0.25) is 0 Å². The van der Waals surface area contributed by atoms with Gasteiger partial charge in [0.25, 0.3) is 0 Å². The molecule has 2 rings (SSSR count). The van der Waals surface area contributed by atoms with Crippen molar-refractivity contribution in [2.75, 3.05) is 37.1 Å². The van der Waals surface area contributed by atoms with Crippen molar-refractivity contribution in [3.63, 3.8) is 0 Å². The molecule has 0 aromatic heterocycles. The van der Waals surface area contributed by atoms with Crippen LogP contribution in [0, 0.1) is 0 Å². The van der Waals surface area contributed by atoms with Gasteiger partial charge in [-0.25, -0.2) is 0 Å². The van der Waals surface area contributed by atoms with Gasteiger partial charge in [0.1, 0.15) is 0 Å². The van der Waals surface area contributed by atoms with Crippen LogP contribution in [0.2, 0.25) is 0 Å². The fourth-order valence-electron chi connectivity index (χ4n) is 2.31. The quantitative estimate of drug-likeness (QED) is 0.535. The molecule has 0 fully saturated rings. The van der Waals surface area contributed by atoms with Crippen molar-refractivity contribution >= 4 is 35.0 Å². The van der Waals surface area contributed by atoms with E-state index >= 15 is 0 Å². The Labute approximate surface area is 157 Å². The third-order valence-corrected chi connectivity index (χ3v) is 4.61. The molecular weight excluding hydrogens is 350 g/mol. The van der Waals surface area contributed by atoms with Crippen molar-refractivity contribution in [2.24, 2.45) is 0 Å². The fourth-order valence-corrected chi connectivity index (χ4v) is 2.86. The van der Waals surface area contributed by atoms with Crippen LogP contribution in [0.25, 0.3) is 0 Å². The standard InChI is InChI=1S/C19H23N3O3S/c1-22(2)14-10-8-13(9-11-14)16(23)12-20-18(24)19(25)21-15-6-4-5-7-17(15)26-3/h4-11,16,23H,12H2,1-3H3,(H,20,24)(H,21,25). The molecule has 0 bridgehead atoms. The lowest BCUT2D eigenvalue weighted by atomic mass is 10.1. The first-order chi connectivity index (χ1) is 12.4. The summed E-state index contributed by atoms with van der Waals surface area (Å²) in [5.41, 5.74) is 2.26. The highest BCUT2D eigenvalue weighted by atomic mass is 32.2. The van der Waals surface area contributed by atoms with Crippen molar-refractivity contribution in [1.82, 2.24) is 5.32 Å². The topological polar surface area (TPSA) is 81.7 Å². The fraction of sp³-hybridized carbons (Fsp3) is 0.263. The van der Waals surface area contributed by atoms with E-state index in [-0.39, 0.29) is 6.54 Å². The van der Waals surface area contributed by atoms with Gasteiger partial charge >= 0.3 is 11.8 Å². The Kier molecular flexibility index (Phi) is 7.06. The van der Waals surface area contributed by atoms with Gasteiger partial charge in [-0.05, 0) is 36.1 Å². The van der Waals surface area contributed by atoms with Crippen LogP contribution in [0.3, 0.4) is 0 Å². The van der Waals surface area contributed by atoms with Gasteiger partial charge in [-0.15, -0.1) is 11.8 Å². The summed E-state index contributed by atoms with van der Waals surface area (Å²) in [4.78, 5) is 26.8. The van der Waals surface area contributed by atoms with Crippen LogP contribution in [-0.4, -0.2) is 43.8 Å². The van der Waals surface area contributed by atoms with Crippen LogP contribution in [-0.2, 0) is 9.59 Å². The molecule has 7 heteroatoms. The SMILES string of the molecule is CSc1ccccc1NC(=O)C(=O)NCC(O)c1ccc(N(C)C)cc1. The van der Waals surface area contributed by atoms with E-state index in [1.54, 1.807) is 24.3 Å². The Morgan fingerprint density at radius 1 is 1.08 bits per heavy atom. The number of carbonyl (C=O) groups is 2. The lowest BCUT2D eigenvalue weighted by Gasteiger charge is -2.16. The molecule has 6 nitrogen and oxygen atoms in total. The van der Waals surface area contributed by atoms with E-state index in [0.717, 1.165) is 10.6 Å². The Bertz CT molecular complexity index is 763. The van der Waals surface area contributed by atoms with Gasteiger partial charge < -0.3 is 20.6 Å². The predicted molar refractivity (Wildman–Crippen MR) is 106 cm³/mol. The third-order valence-electron chi connectivity index (χ3n) is 3.81. The molecule has 138 valence electrons. The normalized spacial score (nSPS) is 11.5. The van der Waals surface area contributed by atoms with Crippen LogP contribution in [0.1, 0.15) is 11.7 Å². The maximum absolute atomic E-state index is 12.0. The average Bonchev–Trinajstić information content (AvgIpc) is 2.66. The lowest BCUT2D eigenvalue weighted by molar-refractivity contribution is -0.136. The second kappa shape index (κ2) is 9.26. The molecule has 2 aromatic rings. The van der Waals surface area contributed by atoms with Crippen LogP contribution in [0.15, 0.2) is 53.4 Å². The van der Waals surface area contributed by atoms with Gasteiger partial charge in [0.05, 0.1) is 11.8 Å². The number of hydrogen-bond donors (Lipinski definition) is 3. The molecule has 0 aliphatic carbocycles. The minimum atomic E-state index is -0.888. The summed E-state index contributed by atoms with van der Waals surface area (Å²) in [6, 6.07) is 14.6. The number of aliphatic hydroxyl groups excluding tert-OH is 1. The summed E-state index contributed by atoms with van der Waals surface area (Å²) in [7, 11) is 3.86. The second-order valence-corrected chi connectivity index (χ2v) is 6.71. The number of hydrogen-bond acceptors (Lipinski definition) is 5. The molecule has 3 N–H and O–H groups in total. The Morgan fingerprint density at radius 3 is 2.35 bits per heavy atom. The maximum Gasteiger partial charge on any atom is 0.313 e. The van der Waals surface area contributed by atoms with E-state index in [4.69, 9.17) is 0 Å².